The summed E-state index contributed by atoms with van der Waals surface area (Å²) in [5.74, 6) is 0. The number of fused-ring (bicyclic) bond motifs is 1. The second-order valence-electron chi connectivity index (χ2n) is 3.26. The van der Waals surface area contributed by atoms with Gasteiger partial charge in [-0.2, -0.15) is 0 Å². The first-order valence-corrected chi connectivity index (χ1v) is 5.18. The Morgan fingerprint density at radius 3 is 3.31 bits per heavy atom. The van der Waals surface area contributed by atoms with Crippen LogP contribution in [0.5, 0.6) is 0 Å². The molecule has 0 bridgehead atoms. The van der Waals surface area contributed by atoms with Crippen molar-refractivity contribution in [2.45, 2.75) is 25.3 Å². The van der Waals surface area contributed by atoms with Crippen LogP contribution in [0.4, 0.5) is 4.79 Å². The van der Waals surface area contributed by atoms with Crippen molar-refractivity contribution in [3.05, 3.63) is 21.9 Å². The molecule has 1 aromatic heterocycles. The lowest BCUT2D eigenvalue weighted by Crippen LogP contribution is -2.37. The van der Waals surface area contributed by atoms with E-state index in [1.54, 1.807) is 11.3 Å². The van der Waals surface area contributed by atoms with Crippen LogP contribution in [0.2, 0.25) is 0 Å². The molecule has 0 spiro atoms. The summed E-state index contributed by atoms with van der Waals surface area (Å²) in [4.78, 5) is 11.8. The summed E-state index contributed by atoms with van der Waals surface area (Å²) in [7, 11) is 0. The van der Waals surface area contributed by atoms with Gasteiger partial charge >= 0.3 is 6.09 Å². The first kappa shape index (κ1) is 8.56. The Morgan fingerprint density at radius 1 is 1.69 bits per heavy atom. The topological polar surface area (TPSA) is 49.3 Å². The number of rotatable bonds is 1. The maximum atomic E-state index is 10.4. The van der Waals surface area contributed by atoms with E-state index in [0.717, 1.165) is 19.3 Å². The summed E-state index contributed by atoms with van der Waals surface area (Å²) in [6, 6.07) is 2.20. The highest BCUT2D eigenvalue weighted by atomic mass is 32.1. The molecule has 1 atom stereocenters. The van der Waals surface area contributed by atoms with Crippen molar-refractivity contribution < 1.29 is 9.90 Å². The molecule has 2 rings (SSSR count). The molecule has 0 aromatic carbocycles. The normalized spacial score (nSPS) is 20.8. The van der Waals surface area contributed by atoms with Crippen LogP contribution in [-0.2, 0) is 12.8 Å². The largest absolute Gasteiger partial charge is 0.465 e. The second kappa shape index (κ2) is 3.38. The highest BCUT2D eigenvalue weighted by molar-refractivity contribution is 7.10. The third kappa shape index (κ3) is 1.83. The summed E-state index contributed by atoms with van der Waals surface area (Å²) in [6.45, 7) is 0. The number of amides is 1. The Hall–Kier alpha value is -1.03. The lowest BCUT2D eigenvalue weighted by molar-refractivity contribution is 0.188. The van der Waals surface area contributed by atoms with Gasteiger partial charge in [-0.25, -0.2) is 4.79 Å². The summed E-state index contributed by atoms with van der Waals surface area (Å²) in [5.41, 5.74) is 1.31. The molecule has 1 aliphatic carbocycles. The standard InChI is InChI=1S/C9H11NO2S/c11-9(12)10-7-1-2-8-6(5-7)3-4-13-8/h3-4,7,10H,1-2,5H2,(H,11,12). The maximum Gasteiger partial charge on any atom is 0.404 e. The summed E-state index contributed by atoms with van der Waals surface area (Å²) < 4.78 is 0. The van der Waals surface area contributed by atoms with E-state index < -0.39 is 6.09 Å². The van der Waals surface area contributed by atoms with Crippen LogP contribution in [0.3, 0.4) is 0 Å². The monoisotopic (exact) mass is 197 g/mol. The Bertz CT molecular complexity index is 321. The Kier molecular flexibility index (Phi) is 2.22. The molecule has 3 nitrogen and oxygen atoms in total. The van der Waals surface area contributed by atoms with E-state index in [-0.39, 0.29) is 6.04 Å². The van der Waals surface area contributed by atoms with Gasteiger partial charge in [0, 0.05) is 10.9 Å². The van der Waals surface area contributed by atoms with Gasteiger partial charge in [0.15, 0.2) is 0 Å². The zero-order valence-electron chi connectivity index (χ0n) is 7.12. The minimum atomic E-state index is -0.913. The Balaban J connectivity index is 2.04. The average molecular weight is 197 g/mol. The van der Waals surface area contributed by atoms with Crippen molar-refractivity contribution in [3.8, 4) is 0 Å². The summed E-state index contributed by atoms with van der Waals surface area (Å²) in [5, 5.41) is 13.2. The zero-order valence-corrected chi connectivity index (χ0v) is 7.93. The zero-order chi connectivity index (χ0) is 9.26. The molecule has 1 unspecified atom stereocenters. The molecule has 4 heteroatoms. The SMILES string of the molecule is O=C(O)NC1CCc2sccc2C1. The van der Waals surface area contributed by atoms with Crippen molar-refractivity contribution in [2.75, 3.05) is 0 Å². The molecule has 0 aliphatic heterocycles. The highest BCUT2D eigenvalue weighted by Gasteiger charge is 2.20. The molecule has 1 amide bonds. The van der Waals surface area contributed by atoms with E-state index in [4.69, 9.17) is 5.11 Å². The Labute approximate surface area is 80.4 Å². The van der Waals surface area contributed by atoms with Crippen molar-refractivity contribution >= 4 is 17.4 Å². The number of hydrogen-bond acceptors (Lipinski definition) is 2. The van der Waals surface area contributed by atoms with E-state index >= 15 is 0 Å². The van der Waals surface area contributed by atoms with Crippen LogP contribution in [0.15, 0.2) is 11.4 Å². The van der Waals surface area contributed by atoms with Gasteiger partial charge in [0.1, 0.15) is 0 Å². The van der Waals surface area contributed by atoms with E-state index in [0.29, 0.717) is 0 Å². The van der Waals surface area contributed by atoms with Gasteiger partial charge in [-0.1, -0.05) is 0 Å². The van der Waals surface area contributed by atoms with Gasteiger partial charge in [0.05, 0.1) is 0 Å². The minimum Gasteiger partial charge on any atom is -0.465 e. The van der Waals surface area contributed by atoms with Crippen molar-refractivity contribution in [3.63, 3.8) is 0 Å². The second-order valence-corrected chi connectivity index (χ2v) is 4.26. The van der Waals surface area contributed by atoms with Gasteiger partial charge < -0.3 is 10.4 Å². The van der Waals surface area contributed by atoms with Gasteiger partial charge in [0.2, 0.25) is 0 Å². The van der Waals surface area contributed by atoms with Gasteiger partial charge in [-0.15, -0.1) is 11.3 Å². The van der Waals surface area contributed by atoms with Crippen LogP contribution in [-0.4, -0.2) is 17.2 Å². The predicted octanol–water partition coefficient (Wildman–Crippen LogP) is 1.87. The number of nitrogens with one attached hydrogen (secondary N) is 1. The fraction of sp³-hybridized carbons (Fsp3) is 0.444. The number of thiophene rings is 1. The van der Waals surface area contributed by atoms with Crippen LogP contribution in [0.1, 0.15) is 16.9 Å². The van der Waals surface area contributed by atoms with Crippen molar-refractivity contribution in [2.24, 2.45) is 0 Å². The van der Waals surface area contributed by atoms with Crippen molar-refractivity contribution in [1.29, 1.82) is 0 Å². The highest BCUT2D eigenvalue weighted by Crippen LogP contribution is 2.25. The van der Waals surface area contributed by atoms with E-state index in [1.807, 2.05) is 0 Å². The first-order valence-electron chi connectivity index (χ1n) is 4.30. The lowest BCUT2D eigenvalue weighted by atomic mass is 9.95. The van der Waals surface area contributed by atoms with Crippen LogP contribution < -0.4 is 5.32 Å². The van der Waals surface area contributed by atoms with Crippen LogP contribution >= 0.6 is 11.3 Å². The Morgan fingerprint density at radius 2 is 2.54 bits per heavy atom. The molecule has 70 valence electrons. The van der Waals surface area contributed by atoms with Gasteiger partial charge in [-0.3, -0.25) is 0 Å². The maximum absolute atomic E-state index is 10.4. The number of carbonyl (C=O) groups is 1. The number of hydrogen-bond donors (Lipinski definition) is 2. The van der Waals surface area contributed by atoms with Crippen LogP contribution in [0.25, 0.3) is 0 Å². The van der Waals surface area contributed by atoms with Gasteiger partial charge in [-0.05, 0) is 36.3 Å². The first-order chi connectivity index (χ1) is 6.25. The van der Waals surface area contributed by atoms with E-state index in [2.05, 4.69) is 16.8 Å². The predicted molar refractivity (Wildman–Crippen MR) is 51.3 cm³/mol. The minimum absolute atomic E-state index is 0.111. The molecule has 1 heterocycles. The molecule has 1 aromatic rings. The molecule has 0 saturated heterocycles. The molecule has 1 aliphatic rings. The van der Waals surface area contributed by atoms with E-state index in [9.17, 15) is 4.79 Å². The molecule has 0 saturated carbocycles. The third-order valence-electron chi connectivity index (χ3n) is 2.35. The lowest BCUT2D eigenvalue weighted by Gasteiger charge is -2.21. The quantitative estimate of drug-likeness (QED) is 0.722. The third-order valence-corrected chi connectivity index (χ3v) is 3.37. The number of aryl methyl sites for hydroxylation is 1. The van der Waals surface area contributed by atoms with Crippen LogP contribution in [0, 0.1) is 0 Å². The summed E-state index contributed by atoms with van der Waals surface area (Å²) in [6.07, 6.45) is 1.88. The van der Waals surface area contributed by atoms with Crippen molar-refractivity contribution in [1.82, 2.24) is 5.32 Å². The van der Waals surface area contributed by atoms with Gasteiger partial charge in [0.25, 0.3) is 0 Å². The molecule has 0 fully saturated rings. The molecule has 0 radical (unpaired) electrons. The molecule has 2 N–H and O–H groups in total. The number of carboxylic acid groups (broad SMARTS) is 1. The average Bonchev–Trinajstić information content (AvgIpc) is 2.49. The smallest absolute Gasteiger partial charge is 0.404 e. The van der Waals surface area contributed by atoms with E-state index in [1.165, 1.54) is 10.4 Å². The molecular weight excluding hydrogens is 186 g/mol. The summed E-state index contributed by atoms with van der Waals surface area (Å²) >= 11 is 1.77. The fourth-order valence-corrected chi connectivity index (χ4v) is 2.67. The fourth-order valence-electron chi connectivity index (χ4n) is 1.74. The molecular formula is C9H11NO2S. The molecule has 13 heavy (non-hydrogen) atoms.